The SMILES string of the molecule is N#[N+]/C=C(\O)OCc1cccc(SSc2ccccn2)c1. The second kappa shape index (κ2) is 8.19. The van der Waals surface area contributed by atoms with Gasteiger partial charge in [-0.05, 0) is 40.6 Å². The lowest BCUT2D eigenvalue weighted by molar-refractivity contribution is 0.0827. The zero-order valence-electron chi connectivity index (χ0n) is 10.9. The number of pyridine rings is 1. The molecule has 7 heteroatoms. The van der Waals surface area contributed by atoms with Crippen LogP contribution < -0.4 is 0 Å². The zero-order valence-corrected chi connectivity index (χ0v) is 12.5. The highest BCUT2D eigenvalue weighted by Gasteiger charge is 2.03. The molecule has 5 nitrogen and oxygen atoms in total. The van der Waals surface area contributed by atoms with Gasteiger partial charge in [-0.1, -0.05) is 29.0 Å². The number of ether oxygens (including phenoxy) is 1. The average Bonchev–Trinajstić information content (AvgIpc) is 2.53. The average molecular weight is 318 g/mol. The van der Waals surface area contributed by atoms with Gasteiger partial charge in [0, 0.05) is 11.1 Å². The van der Waals surface area contributed by atoms with Gasteiger partial charge in [0.1, 0.15) is 11.6 Å². The maximum Gasteiger partial charge on any atom is 0.429 e. The molecule has 0 aliphatic rings. The van der Waals surface area contributed by atoms with Crippen LogP contribution in [0.3, 0.4) is 0 Å². The Morgan fingerprint density at radius 2 is 2.19 bits per heavy atom. The van der Waals surface area contributed by atoms with Crippen molar-refractivity contribution in [2.45, 2.75) is 16.5 Å². The van der Waals surface area contributed by atoms with Crippen molar-refractivity contribution in [2.75, 3.05) is 0 Å². The minimum atomic E-state index is -0.432. The Kier molecular flexibility index (Phi) is 5.94. The molecule has 0 unspecified atom stereocenters. The van der Waals surface area contributed by atoms with Crippen molar-refractivity contribution in [1.82, 2.24) is 4.98 Å². The summed E-state index contributed by atoms with van der Waals surface area (Å²) in [7, 11) is 3.17. The third-order valence-corrected chi connectivity index (χ3v) is 4.60. The van der Waals surface area contributed by atoms with Crippen molar-refractivity contribution in [2.24, 2.45) is 0 Å². The molecule has 2 aromatic rings. The summed E-state index contributed by atoms with van der Waals surface area (Å²) < 4.78 is 5.02. The molecular formula is C14H12N3O2S2+. The lowest BCUT2D eigenvalue weighted by Crippen LogP contribution is -1.92. The maximum atomic E-state index is 9.20. The van der Waals surface area contributed by atoms with E-state index < -0.39 is 5.95 Å². The van der Waals surface area contributed by atoms with Gasteiger partial charge in [-0.25, -0.2) is 4.98 Å². The highest BCUT2D eigenvalue weighted by molar-refractivity contribution is 8.76. The standard InChI is InChI=1S/C14H11N3O2S2/c15-17-9-14(18)19-10-11-4-3-5-12(8-11)20-21-13-6-1-2-7-16-13/h1-9H,10H2/p+1/b14-9+. The van der Waals surface area contributed by atoms with Gasteiger partial charge < -0.3 is 9.84 Å². The molecule has 106 valence electrons. The first-order chi connectivity index (χ1) is 10.3. The van der Waals surface area contributed by atoms with Crippen molar-refractivity contribution < 1.29 is 9.84 Å². The number of aliphatic hydroxyl groups is 1. The zero-order chi connectivity index (χ0) is 14.9. The summed E-state index contributed by atoms with van der Waals surface area (Å²) in [6, 6.07) is 13.5. The molecule has 0 spiro atoms. The summed E-state index contributed by atoms with van der Waals surface area (Å²) >= 11 is 0. The molecule has 1 aromatic heterocycles. The summed E-state index contributed by atoms with van der Waals surface area (Å²) in [5, 5.41) is 18.4. The molecule has 1 N–H and O–H groups in total. The Bertz CT molecular complexity index is 657. The lowest BCUT2D eigenvalue weighted by atomic mass is 10.2. The fraction of sp³-hybridized carbons (Fsp3) is 0.0714. The van der Waals surface area contributed by atoms with Crippen molar-refractivity contribution in [3.63, 3.8) is 0 Å². The van der Waals surface area contributed by atoms with Crippen LogP contribution in [-0.2, 0) is 11.3 Å². The Labute approximate surface area is 130 Å². The number of aromatic nitrogens is 1. The number of nitrogens with zero attached hydrogens (tertiary/aromatic N) is 3. The van der Waals surface area contributed by atoms with Gasteiger partial charge in [0.15, 0.2) is 4.98 Å². The molecule has 0 saturated carbocycles. The van der Waals surface area contributed by atoms with Crippen LogP contribution in [0.5, 0.6) is 0 Å². The molecule has 0 atom stereocenters. The van der Waals surface area contributed by atoms with Crippen molar-refractivity contribution in [3.05, 3.63) is 71.3 Å². The molecule has 2 rings (SSSR count). The first kappa shape index (κ1) is 15.2. The second-order valence-electron chi connectivity index (χ2n) is 3.85. The van der Waals surface area contributed by atoms with E-state index in [2.05, 4.69) is 9.96 Å². The first-order valence-electron chi connectivity index (χ1n) is 5.98. The molecule has 0 saturated heterocycles. The van der Waals surface area contributed by atoms with Crippen molar-refractivity contribution in [3.8, 4) is 0 Å². The third kappa shape index (κ3) is 5.38. The topological polar surface area (TPSA) is 70.5 Å². The van der Waals surface area contributed by atoms with E-state index in [1.165, 1.54) is 0 Å². The smallest absolute Gasteiger partial charge is 0.429 e. The molecule has 0 amide bonds. The molecule has 0 fully saturated rings. The second-order valence-corrected chi connectivity index (χ2v) is 6.08. The normalized spacial score (nSPS) is 10.9. The predicted molar refractivity (Wildman–Crippen MR) is 83.0 cm³/mol. The molecule has 0 bridgehead atoms. The quantitative estimate of drug-likeness (QED) is 0.476. The highest BCUT2D eigenvalue weighted by Crippen LogP contribution is 2.36. The highest BCUT2D eigenvalue weighted by atomic mass is 33.1. The summed E-state index contributed by atoms with van der Waals surface area (Å²) in [6.07, 6.45) is 2.59. The van der Waals surface area contributed by atoms with E-state index in [0.29, 0.717) is 0 Å². The number of aliphatic hydroxyl groups excluding tert-OH is 1. The molecule has 21 heavy (non-hydrogen) atoms. The van der Waals surface area contributed by atoms with Crippen molar-refractivity contribution in [1.29, 1.82) is 5.39 Å². The Morgan fingerprint density at radius 3 is 2.95 bits per heavy atom. The van der Waals surface area contributed by atoms with E-state index in [9.17, 15) is 5.11 Å². The first-order valence-corrected chi connectivity index (χ1v) is 8.13. The Morgan fingerprint density at radius 1 is 1.29 bits per heavy atom. The fourth-order valence-corrected chi connectivity index (χ4v) is 3.32. The van der Waals surface area contributed by atoms with Gasteiger partial charge in [-0.15, -0.1) is 0 Å². The van der Waals surface area contributed by atoms with Gasteiger partial charge in [0.2, 0.25) is 5.39 Å². The maximum absolute atomic E-state index is 9.20. The van der Waals surface area contributed by atoms with Crippen LogP contribution in [0.2, 0.25) is 0 Å². The minimum Gasteiger partial charge on any atom is -0.476 e. The van der Waals surface area contributed by atoms with Crippen LogP contribution in [0.25, 0.3) is 4.98 Å². The van der Waals surface area contributed by atoms with E-state index in [1.807, 2.05) is 42.5 Å². The van der Waals surface area contributed by atoms with Crippen LogP contribution in [0.1, 0.15) is 5.56 Å². The van der Waals surface area contributed by atoms with Crippen LogP contribution in [0.15, 0.2) is 70.7 Å². The van der Waals surface area contributed by atoms with E-state index in [4.69, 9.17) is 10.1 Å². The lowest BCUT2D eigenvalue weighted by Gasteiger charge is -2.05. The summed E-state index contributed by atoms with van der Waals surface area (Å²) in [4.78, 5) is 7.97. The molecule has 1 heterocycles. The van der Waals surface area contributed by atoms with Gasteiger partial charge in [-0.2, -0.15) is 0 Å². The molecule has 1 aromatic carbocycles. The van der Waals surface area contributed by atoms with Crippen LogP contribution in [0.4, 0.5) is 0 Å². The molecule has 0 aliphatic carbocycles. The third-order valence-electron chi connectivity index (χ3n) is 2.31. The number of benzene rings is 1. The van der Waals surface area contributed by atoms with Crippen LogP contribution in [-0.4, -0.2) is 10.1 Å². The summed E-state index contributed by atoms with van der Waals surface area (Å²) in [6.45, 7) is 0.195. The minimum absolute atomic E-state index is 0.195. The number of rotatable bonds is 6. The van der Waals surface area contributed by atoms with E-state index >= 15 is 0 Å². The molecule has 0 aliphatic heterocycles. The monoisotopic (exact) mass is 318 g/mol. The van der Waals surface area contributed by atoms with Crippen molar-refractivity contribution >= 4 is 21.6 Å². The molecular weight excluding hydrogens is 306 g/mol. The number of hydrogen-bond acceptors (Lipinski definition) is 6. The van der Waals surface area contributed by atoms with Gasteiger partial charge >= 0.3 is 12.1 Å². The fourth-order valence-electron chi connectivity index (χ4n) is 1.42. The summed E-state index contributed by atoms with van der Waals surface area (Å²) in [5.41, 5.74) is 0.902. The Balaban J connectivity index is 1.92. The summed E-state index contributed by atoms with van der Waals surface area (Å²) in [5.74, 6) is -0.432. The van der Waals surface area contributed by atoms with Crippen LogP contribution >= 0.6 is 21.6 Å². The predicted octanol–water partition coefficient (Wildman–Crippen LogP) is 4.61. The van der Waals surface area contributed by atoms with E-state index in [-0.39, 0.29) is 6.61 Å². The van der Waals surface area contributed by atoms with Crippen LogP contribution in [0, 0.1) is 5.39 Å². The van der Waals surface area contributed by atoms with Gasteiger partial charge in [-0.3, -0.25) is 0 Å². The molecule has 0 radical (unpaired) electrons. The van der Waals surface area contributed by atoms with E-state index in [0.717, 1.165) is 21.7 Å². The van der Waals surface area contributed by atoms with Gasteiger partial charge in [0.05, 0.1) is 0 Å². The number of hydrogen-bond donors (Lipinski definition) is 1. The van der Waals surface area contributed by atoms with E-state index in [1.54, 1.807) is 27.8 Å². The number of diazo groups is 1. The Hall–Kier alpha value is -2.17. The largest absolute Gasteiger partial charge is 0.476 e. The van der Waals surface area contributed by atoms with Gasteiger partial charge in [0.25, 0.3) is 0 Å².